The van der Waals surface area contributed by atoms with Crippen LogP contribution in [0.1, 0.15) is 0 Å². The molecule has 0 fully saturated rings. The third kappa shape index (κ3) is 6.67. The van der Waals surface area contributed by atoms with Crippen LogP contribution in [0.5, 0.6) is 0 Å². The lowest BCUT2D eigenvalue weighted by Gasteiger charge is -2.19. The first-order valence-corrected chi connectivity index (χ1v) is 17.7. The number of nitrogens with zero attached hydrogens (tertiary/aromatic N) is 6. The normalized spacial score (nSPS) is 11.0. The van der Waals surface area contributed by atoms with Crippen molar-refractivity contribution in [2.45, 2.75) is 0 Å². The van der Waals surface area contributed by atoms with Gasteiger partial charge in [0.2, 0.25) is 0 Å². The van der Waals surface area contributed by atoms with E-state index in [1.54, 1.807) is 12.7 Å². The Labute approximate surface area is 313 Å². The maximum atomic E-state index is 4.58. The summed E-state index contributed by atoms with van der Waals surface area (Å²) in [4.78, 5) is 26.1. The summed E-state index contributed by atoms with van der Waals surface area (Å²) in [6, 6.07) is 51.4. The number of rotatable bonds is 8. The van der Waals surface area contributed by atoms with E-state index in [0.717, 1.165) is 89.3 Å². The van der Waals surface area contributed by atoms with Gasteiger partial charge in [-0.25, -0.2) is 19.9 Å². The minimum atomic E-state index is 0.944. The van der Waals surface area contributed by atoms with Crippen LogP contribution in [0.4, 0.5) is 0 Å². The Bertz CT molecular complexity index is 2260. The number of hydrogen-bond acceptors (Lipinski definition) is 6. The van der Waals surface area contributed by atoms with Crippen molar-refractivity contribution in [3.63, 3.8) is 0 Å². The van der Waals surface area contributed by atoms with E-state index in [-0.39, 0.29) is 0 Å². The number of aromatic nitrogens is 6. The molecule has 0 aliphatic rings. The molecule has 0 N–H and O–H groups in total. The van der Waals surface area contributed by atoms with Gasteiger partial charge >= 0.3 is 0 Å². The lowest BCUT2D eigenvalue weighted by Crippen LogP contribution is -1.93. The highest BCUT2D eigenvalue weighted by molar-refractivity contribution is 5.96. The molecule has 9 aromatic rings. The molecule has 0 atom stereocenters. The van der Waals surface area contributed by atoms with E-state index in [1.165, 1.54) is 0 Å². The van der Waals surface area contributed by atoms with E-state index in [0.29, 0.717) is 0 Å². The van der Waals surface area contributed by atoms with Crippen LogP contribution in [0, 0.1) is 0 Å². The van der Waals surface area contributed by atoms with E-state index in [2.05, 4.69) is 139 Å². The molecule has 4 heterocycles. The molecule has 0 amide bonds. The van der Waals surface area contributed by atoms with Crippen LogP contribution in [0.25, 0.3) is 89.3 Å². The Morgan fingerprint density at radius 2 is 0.556 bits per heavy atom. The van der Waals surface area contributed by atoms with E-state index >= 15 is 0 Å². The molecule has 0 spiro atoms. The lowest BCUT2D eigenvalue weighted by molar-refractivity contribution is 1.17. The number of benzene rings is 5. The van der Waals surface area contributed by atoms with Crippen LogP contribution in [-0.2, 0) is 0 Å². The van der Waals surface area contributed by atoms with Crippen molar-refractivity contribution in [2.75, 3.05) is 0 Å². The third-order valence-electron chi connectivity index (χ3n) is 9.65. The molecule has 0 aliphatic carbocycles. The lowest BCUT2D eigenvalue weighted by atomic mass is 9.85. The summed E-state index contributed by atoms with van der Waals surface area (Å²) >= 11 is 0. The van der Waals surface area contributed by atoms with Gasteiger partial charge in [-0.15, -0.1) is 0 Å². The van der Waals surface area contributed by atoms with Crippen LogP contribution in [0.15, 0.2) is 195 Å². The monoisotopic (exact) mass is 692 g/mol. The first-order chi connectivity index (χ1) is 26.8. The zero-order chi connectivity index (χ0) is 36.1. The van der Waals surface area contributed by atoms with E-state index in [9.17, 15) is 0 Å². The fourth-order valence-electron chi connectivity index (χ4n) is 6.84. The predicted molar refractivity (Wildman–Crippen MR) is 217 cm³/mol. The highest BCUT2D eigenvalue weighted by atomic mass is 14.8. The van der Waals surface area contributed by atoms with Gasteiger partial charge in [-0.2, -0.15) is 0 Å². The second kappa shape index (κ2) is 14.7. The van der Waals surface area contributed by atoms with Crippen LogP contribution in [0.2, 0.25) is 0 Å². The van der Waals surface area contributed by atoms with Crippen molar-refractivity contribution >= 4 is 0 Å². The van der Waals surface area contributed by atoms with Crippen molar-refractivity contribution in [3.05, 3.63) is 195 Å². The standard InChI is InChI=1S/C48H32N6/c1-3-23-53-47(5-1)39-19-15-37(16-20-39)45-26-46(38-17-21-40(22-18-38)48-6-2-4-24-54-48)44(36-13-9-34(10-14-36)42-29-51-32-52-30-42)25-43(45)35-11-7-33(8-12-35)41-27-49-31-50-28-41/h1-32H. The summed E-state index contributed by atoms with van der Waals surface area (Å²) in [5.74, 6) is 0. The average Bonchev–Trinajstić information content (AvgIpc) is 3.27. The molecule has 4 aromatic heterocycles. The van der Waals surface area contributed by atoms with Crippen LogP contribution in [-0.4, -0.2) is 29.9 Å². The summed E-state index contributed by atoms with van der Waals surface area (Å²) in [6.45, 7) is 0. The molecule has 0 saturated heterocycles. The second-order valence-electron chi connectivity index (χ2n) is 12.9. The Morgan fingerprint density at radius 3 is 0.852 bits per heavy atom. The summed E-state index contributed by atoms with van der Waals surface area (Å²) < 4.78 is 0. The number of pyridine rings is 2. The zero-order valence-electron chi connectivity index (χ0n) is 29.2. The predicted octanol–water partition coefficient (Wildman–Crippen LogP) is 11.4. The van der Waals surface area contributed by atoms with E-state index in [4.69, 9.17) is 0 Å². The highest BCUT2D eigenvalue weighted by Gasteiger charge is 2.17. The van der Waals surface area contributed by atoms with E-state index < -0.39 is 0 Å². The molecule has 0 bridgehead atoms. The van der Waals surface area contributed by atoms with Gasteiger partial charge in [-0.05, 0) is 92.0 Å². The topological polar surface area (TPSA) is 77.3 Å². The second-order valence-corrected chi connectivity index (χ2v) is 12.9. The van der Waals surface area contributed by atoms with Gasteiger partial charge in [0.05, 0.1) is 11.4 Å². The number of hydrogen-bond donors (Lipinski definition) is 0. The molecule has 0 aliphatic heterocycles. The van der Waals surface area contributed by atoms with Gasteiger partial charge < -0.3 is 0 Å². The van der Waals surface area contributed by atoms with Gasteiger partial charge in [0, 0.05) is 59.4 Å². The van der Waals surface area contributed by atoms with Crippen LogP contribution in [0.3, 0.4) is 0 Å². The Morgan fingerprint density at radius 1 is 0.259 bits per heavy atom. The van der Waals surface area contributed by atoms with Gasteiger partial charge in [-0.3, -0.25) is 9.97 Å². The van der Waals surface area contributed by atoms with Crippen molar-refractivity contribution in [3.8, 4) is 89.3 Å². The molecule has 0 saturated carbocycles. The summed E-state index contributed by atoms with van der Waals surface area (Å²) in [5.41, 5.74) is 17.1. The minimum Gasteiger partial charge on any atom is -0.256 e. The van der Waals surface area contributed by atoms with Gasteiger partial charge in [0.15, 0.2) is 0 Å². The van der Waals surface area contributed by atoms with E-state index in [1.807, 2.05) is 73.6 Å². The summed E-state index contributed by atoms with van der Waals surface area (Å²) in [7, 11) is 0. The van der Waals surface area contributed by atoms with Crippen molar-refractivity contribution < 1.29 is 0 Å². The Kier molecular flexibility index (Phi) is 8.81. The molecule has 6 nitrogen and oxygen atoms in total. The van der Waals surface area contributed by atoms with Gasteiger partial charge in [0.25, 0.3) is 0 Å². The average molecular weight is 693 g/mol. The first kappa shape index (κ1) is 32.5. The summed E-state index contributed by atoms with van der Waals surface area (Å²) in [5, 5.41) is 0. The molecule has 6 heteroatoms. The maximum Gasteiger partial charge on any atom is 0.115 e. The molecule has 0 radical (unpaired) electrons. The van der Waals surface area contributed by atoms with Crippen molar-refractivity contribution in [1.29, 1.82) is 0 Å². The molecular weight excluding hydrogens is 661 g/mol. The summed E-state index contributed by atoms with van der Waals surface area (Å²) in [6.07, 6.45) is 14.1. The smallest absolute Gasteiger partial charge is 0.115 e. The minimum absolute atomic E-state index is 0.944. The molecule has 254 valence electrons. The molecule has 9 rings (SSSR count). The van der Waals surface area contributed by atoms with Gasteiger partial charge in [0.1, 0.15) is 12.7 Å². The molecule has 5 aromatic carbocycles. The molecular formula is C48H32N6. The molecule has 54 heavy (non-hydrogen) atoms. The van der Waals surface area contributed by atoms with Crippen LogP contribution >= 0.6 is 0 Å². The Balaban J connectivity index is 1.23. The Hall–Kier alpha value is -7.44. The SMILES string of the molecule is c1ccc(-c2ccc(-c3cc(-c4ccc(-c5ccccn5)cc4)c(-c4ccc(-c5cncnc5)cc4)cc3-c3ccc(-c4cncnc4)cc3)cc2)nc1. The first-order valence-electron chi connectivity index (χ1n) is 17.7. The van der Waals surface area contributed by atoms with Crippen LogP contribution < -0.4 is 0 Å². The van der Waals surface area contributed by atoms with Gasteiger partial charge in [-0.1, -0.05) is 109 Å². The fraction of sp³-hybridized carbons (Fsp3) is 0. The zero-order valence-corrected chi connectivity index (χ0v) is 29.2. The van der Waals surface area contributed by atoms with Crippen molar-refractivity contribution in [1.82, 2.24) is 29.9 Å². The fourth-order valence-corrected chi connectivity index (χ4v) is 6.84. The quantitative estimate of drug-likeness (QED) is 0.158. The third-order valence-corrected chi connectivity index (χ3v) is 9.65. The maximum absolute atomic E-state index is 4.58. The highest BCUT2D eigenvalue weighted by Crippen LogP contribution is 2.43. The van der Waals surface area contributed by atoms with Crippen molar-refractivity contribution in [2.24, 2.45) is 0 Å². The largest absolute Gasteiger partial charge is 0.256 e. The molecule has 0 unspecified atom stereocenters.